The molecule has 1 fully saturated rings. The van der Waals surface area contributed by atoms with E-state index in [2.05, 4.69) is 46.4 Å². The van der Waals surface area contributed by atoms with Crippen molar-refractivity contribution in [3.8, 4) is 0 Å². The van der Waals surface area contributed by atoms with Crippen molar-refractivity contribution in [2.45, 2.75) is 32.5 Å². The highest BCUT2D eigenvalue weighted by Gasteiger charge is 2.28. The molecular formula is C20H26N4O. The van der Waals surface area contributed by atoms with Gasteiger partial charge in [0.05, 0.1) is 6.04 Å². The molecule has 2 atom stereocenters. The maximum absolute atomic E-state index is 12.6. The Balaban J connectivity index is 1.53. The van der Waals surface area contributed by atoms with E-state index in [1.165, 1.54) is 5.56 Å². The maximum atomic E-state index is 12.6. The molecule has 1 aromatic heterocycles. The zero-order chi connectivity index (χ0) is 17.6. The Kier molecular flexibility index (Phi) is 5.66. The second-order valence-corrected chi connectivity index (χ2v) is 6.71. The zero-order valence-electron chi connectivity index (χ0n) is 14.9. The van der Waals surface area contributed by atoms with Gasteiger partial charge in [-0.25, -0.2) is 4.79 Å². The van der Waals surface area contributed by atoms with E-state index in [0.29, 0.717) is 0 Å². The summed E-state index contributed by atoms with van der Waals surface area (Å²) in [5, 5.41) is 3.10. The van der Waals surface area contributed by atoms with E-state index in [-0.39, 0.29) is 18.1 Å². The van der Waals surface area contributed by atoms with E-state index in [1.54, 1.807) is 12.4 Å². The highest BCUT2D eigenvalue weighted by atomic mass is 16.2. The number of rotatable bonds is 4. The molecule has 1 saturated heterocycles. The monoisotopic (exact) mass is 338 g/mol. The van der Waals surface area contributed by atoms with Crippen molar-refractivity contribution >= 4 is 6.03 Å². The molecule has 2 aromatic rings. The number of nitrogens with zero attached hydrogens (tertiary/aromatic N) is 3. The summed E-state index contributed by atoms with van der Waals surface area (Å²) >= 11 is 0. The van der Waals surface area contributed by atoms with Crippen LogP contribution < -0.4 is 5.32 Å². The Labute approximate surface area is 149 Å². The van der Waals surface area contributed by atoms with Crippen LogP contribution in [0.2, 0.25) is 0 Å². The van der Waals surface area contributed by atoms with Crippen LogP contribution in [0.3, 0.4) is 0 Å². The van der Waals surface area contributed by atoms with Gasteiger partial charge in [0, 0.05) is 44.6 Å². The average molecular weight is 338 g/mol. The lowest BCUT2D eigenvalue weighted by Gasteiger charge is -2.40. The van der Waals surface area contributed by atoms with Gasteiger partial charge in [0.25, 0.3) is 0 Å². The van der Waals surface area contributed by atoms with Crippen molar-refractivity contribution in [2.75, 3.05) is 19.6 Å². The lowest BCUT2D eigenvalue weighted by molar-refractivity contribution is 0.0963. The van der Waals surface area contributed by atoms with Crippen LogP contribution in [0.4, 0.5) is 4.79 Å². The molecule has 0 aliphatic carbocycles. The van der Waals surface area contributed by atoms with E-state index in [1.807, 2.05) is 30.0 Å². The Morgan fingerprint density at radius 3 is 2.60 bits per heavy atom. The van der Waals surface area contributed by atoms with Crippen LogP contribution in [0, 0.1) is 0 Å². The fraction of sp³-hybridized carbons (Fsp3) is 0.400. The van der Waals surface area contributed by atoms with Crippen LogP contribution in [0.15, 0.2) is 54.9 Å². The highest BCUT2D eigenvalue weighted by molar-refractivity contribution is 5.75. The molecule has 132 valence electrons. The second kappa shape index (κ2) is 8.12. The molecule has 2 amide bonds. The molecule has 5 nitrogen and oxygen atoms in total. The zero-order valence-corrected chi connectivity index (χ0v) is 14.9. The van der Waals surface area contributed by atoms with Crippen LogP contribution >= 0.6 is 0 Å². The molecule has 0 unspecified atom stereocenters. The first-order valence-electron chi connectivity index (χ1n) is 8.87. The predicted molar refractivity (Wildman–Crippen MR) is 99.1 cm³/mol. The van der Waals surface area contributed by atoms with Crippen LogP contribution in [-0.4, -0.2) is 46.5 Å². The summed E-state index contributed by atoms with van der Waals surface area (Å²) in [6.45, 7) is 7.61. The number of carbonyl (C=O) groups excluding carboxylic acids is 1. The number of amides is 2. The summed E-state index contributed by atoms with van der Waals surface area (Å²) in [7, 11) is 0. The first kappa shape index (κ1) is 17.4. The van der Waals surface area contributed by atoms with Crippen molar-refractivity contribution in [3.05, 3.63) is 66.0 Å². The predicted octanol–water partition coefficient (Wildman–Crippen LogP) is 3.06. The van der Waals surface area contributed by atoms with Gasteiger partial charge in [0.1, 0.15) is 0 Å². The van der Waals surface area contributed by atoms with E-state index >= 15 is 0 Å². The fourth-order valence-corrected chi connectivity index (χ4v) is 3.32. The van der Waals surface area contributed by atoms with Gasteiger partial charge in [-0.1, -0.05) is 30.3 Å². The normalized spacial score (nSPS) is 19.4. The summed E-state index contributed by atoms with van der Waals surface area (Å²) in [5.41, 5.74) is 2.39. The molecule has 2 heterocycles. The number of nitrogens with one attached hydrogen (secondary N) is 1. The first-order valence-corrected chi connectivity index (χ1v) is 8.87. The topological polar surface area (TPSA) is 48.5 Å². The smallest absolute Gasteiger partial charge is 0.318 e. The third-order valence-corrected chi connectivity index (χ3v) is 4.77. The molecule has 3 rings (SSSR count). The summed E-state index contributed by atoms with van der Waals surface area (Å²) in [4.78, 5) is 21.0. The van der Waals surface area contributed by atoms with Crippen molar-refractivity contribution in [3.63, 3.8) is 0 Å². The van der Waals surface area contributed by atoms with Crippen LogP contribution in [0.25, 0.3) is 0 Å². The molecular weight excluding hydrogens is 312 g/mol. The van der Waals surface area contributed by atoms with Gasteiger partial charge in [-0.2, -0.15) is 0 Å². The summed E-state index contributed by atoms with van der Waals surface area (Å²) < 4.78 is 0. The van der Waals surface area contributed by atoms with Gasteiger partial charge in [-0.15, -0.1) is 0 Å². The SMILES string of the molecule is C[C@@H]1CN(Cc2ccccc2)CCN1C(=O)N[C@H](C)c1ccncc1. The lowest BCUT2D eigenvalue weighted by atomic mass is 10.1. The van der Waals surface area contributed by atoms with E-state index in [4.69, 9.17) is 0 Å². The lowest BCUT2D eigenvalue weighted by Crippen LogP contribution is -2.56. The molecule has 5 heteroatoms. The molecule has 1 aliphatic heterocycles. The second-order valence-electron chi connectivity index (χ2n) is 6.71. The Bertz CT molecular complexity index is 677. The number of hydrogen-bond acceptors (Lipinski definition) is 3. The molecule has 0 spiro atoms. The number of benzene rings is 1. The van der Waals surface area contributed by atoms with Crippen LogP contribution in [-0.2, 0) is 6.54 Å². The quantitative estimate of drug-likeness (QED) is 0.932. The minimum absolute atomic E-state index is 0.0103. The van der Waals surface area contributed by atoms with Gasteiger partial charge in [-0.3, -0.25) is 9.88 Å². The molecule has 1 N–H and O–H groups in total. The Morgan fingerprint density at radius 2 is 1.92 bits per heavy atom. The van der Waals surface area contributed by atoms with Gasteiger partial charge in [0.15, 0.2) is 0 Å². The average Bonchev–Trinajstić information content (AvgIpc) is 2.63. The molecule has 0 saturated carbocycles. The van der Waals surface area contributed by atoms with Gasteiger partial charge in [-0.05, 0) is 37.1 Å². The third-order valence-electron chi connectivity index (χ3n) is 4.77. The largest absolute Gasteiger partial charge is 0.331 e. The van der Waals surface area contributed by atoms with E-state index in [0.717, 1.165) is 31.7 Å². The number of piperazine rings is 1. The first-order chi connectivity index (χ1) is 12.1. The number of aromatic nitrogens is 1. The van der Waals surface area contributed by atoms with Crippen LogP contribution in [0.1, 0.15) is 31.0 Å². The fourth-order valence-electron chi connectivity index (χ4n) is 3.32. The van der Waals surface area contributed by atoms with Crippen molar-refractivity contribution in [2.24, 2.45) is 0 Å². The highest BCUT2D eigenvalue weighted by Crippen LogP contribution is 2.15. The minimum Gasteiger partial charge on any atom is -0.331 e. The summed E-state index contributed by atoms with van der Waals surface area (Å²) in [6, 6.07) is 14.5. The molecule has 0 bridgehead atoms. The van der Waals surface area contributed by atoms with Gasteiger partial charge < -0.3 is 10.2 Å². The standard InChI is InChI=1S/C20H26N4O/c1-16-14-23(15-18-6-4-3-5-7-18)12-13-24(16)20(25)22-17(2)19-8-10-21-11-9-19/h3-11,16-17H,12-15H2,1-2H3,(H,22,25)/t16-,17-/m1/s1. The Morgan fingerprint density at radius 1 is 1.20 bits per heavy atom. The van der Waals surface area contributed by atoms with Crippen molar-refractivity contribution < 1.29 is 4.79 Å². The van der Waals surface area contributed by atoms with E-state index in [9.17, 15) is 4.79 Å². The number of pyridine rings is 1. The summed E-state index contributed by atoms with van der Waals surface area (Å²) in [5.74, 6) is 0. The number of carbonyl (C=O) groups is 1. The van der Waals surface area contributed by atoms with Crippen molar-refractivity contribution in [1.29, 1.82) is 0 Å². The number of urea groups is 1. The molecule has 1 aromatic carbocycles. The van der Waals surface area contributed by atoms with Gasteiger partial charge >= 0.3 is 6.03 Å². The molecule has 1 aliphatic rings. The van der Waals surface area contributed by atoms with Crippen LogP contribution in [0.5, 0.6) is 0 Å². The van der Waals surface area contributed by atoms with Crippen molar-refractivity contribution in [1.82, 2.24) is 20.1 Å². The Hall–Kier alpha value is -2.40. The summed E-state index contributed by atoms with van der Waals surface area (Å²) in [6.07, 6.45) is 3.51. The molecule has 0 radical (unpaired) electrons. The van der Waals surface area contributed by atoms with E-state index < -0.39 is 0 Å². The van der Waals surface area contributed by atoms with Gasteiger partial charge in [0.2, 0.25) is 0 Å². The minimum atomic E-state index is -0.0231. The molecule has 25 heavy (non-hydrogen) atoms. The third kappa shape index (κ3) is 4.57. The number of hydrogen-bond donors (Lipinski definition) is 1. The maximum Gasteiger partial charge on any atom is 0.318 e.